The summed E-state index contributed by atoms with van der Waals surface area (Å²) in [5.74, 6) is 0. The van der Waals surface area contributed by atoms with Gasteiger partial charge in [-0.25, -0.2) is 8.37 Å². The van der Waals surface area contributed by atoms with E-state index in [0.29, 0.717) is 0 Å². The fourth-order valence-electron chi connectivity index (χ4n) is 7.54. The Morgan fingerprint density at radius 3 is 1.06 bits per heavy atom. The minimum absolute atomic E-state index is 0.00139. The van der Waals surface area contributed by atoms with Crippen molar-refractivity contribution >= 4 is 20.8 Å². The van der Waals surface area contributed by atoms with Gasteiger partial charge in [0.2, 0.25) is 0 Å². The van der Waals surface area contributed by atoms with E-state index >= 15 is 0 Å². The minimum Gasteiger partial charge on any atom is -0.368 e. The van der Waals surface area contributed by atoms with E-state index in [2.05, 4.69) is 0 Å². The van der Waals surface area contributed by atoms with Gasteiger partial charge in [0.1, 0.15) is 48.8 Å². The summed E-state index contributed by atoms with van der Waals surface area (Å²) in [6.45, 7) is -1.78. The minimum atomic E-state index is -5.07. The molecule has 0 spiro atoms. The van der Waals surface area contributed by atoms with Crippen LogP contribution < -0.4 is 0 Å². The molecule has 7 rings (SSSR count). The van der Waals surface area contributed by atoms with Gasteiger partial charge < -0.3 is 43.0 Å². The van der Waals surface area contributed by atoms with Crippen molar-refractivity contribution in [2.24, 2.45) is 0 Å². The van der Waals surface area contributed by atoms with Crippen LogP contribution in [0.15, 0.2) is 152 Å². The standard InChI is InChI=1S/C47H52O17S2/c48-46-44(58-29-36-22-12-4-13-23-36)43(57-28-35-20-10-3-11-21-35)41(39(62-46)32-61-66(52,53)54)64-47-45(59-30-37-24-14-5-15-25-37)42(56-27-34-18-8-2-9-19-34)40(38(63-47)31-60-65(49,50)51)55-26-33-16-6-1-7-17-33/h1-25,38-48H,26-32H2,(H,49,50,51)(H,52,53,54)/t38-,39-,40-,41-,42+,43+,44-,45-,46-,47-/m1/s1. The van der Waals surface area contributed by atoms with E-state index < -0.39 is 95.4 Å². The SMILES string of the molecule is O=S(=O)(O)OC[C@H]1O[C@@H](O)[C@H](OCc2ccccc2)[C@@H](OCc2ccccc2)[C@@H]1O[C@H]1O[C@H](COS(=O)(=O)O)[C@@H](OCc2ccccc2)[C@H](OCc2ccccc2)[C@H]1OCc1ccccc1. The average molecular weight is 953 g/mol. The average Bonchev–Trinajstić information content (AvgIpc) is 3.32. The van der Waals surface area contributed by atoms with Gasteiger partial charge in [0, 0.05) is 0 Å². The molecule has 354 valence electrons. The number of rotatable bonds is 23. The molecule has 0 aliphatic carbocycles. The second-order valence-electron chi connectivity index (χ2n) is 15.4. The van der Waals surface area contributed by atoms with Crippen molar-refractivity contribution in [1.82, 2.24) is 0 Å². The molecular weight excluding hydrogens is 901 g/mol. The van der Waals surface area contributed by atoms with Crippen molar-refractivity contribution in [2.75, 3.05) is 13.2 Å². The van der Waals surface area contributed by atoms with Crippen molar-refractivity contribution in [3.63, 3.8) is 0 Å². The lowest BCUT2D eigenvalue weighted by atomic mass is 9.96. The van der Waals surface area contributed by atoms with Gasteiger partial charge in [0.25, 0.3) is 0 Å². The molecule has 0 saturated carbocycles. The third-order valence-electron chi connectivity index (χ3n) is 10.7. The Bertz CT molecular complexity index is 2400. The van der Waals surface area contributed by atoms with Gasteiger partial charge >= 0.3 is 20.8 Å². The van der Waals surface area contributed by atoms with Crippen molar-refractivity contribution in [2.45, 2.75) is 94.4 Å². The molecule has 0 amide bonds. The Kier molecular flexibility index (Phi) is 17.9. The van der Waals surface area contributed by atoms with Gasteiger partial charge in [0.05, 0.1) is 46.2 Å². The largest absolute Gasteiger partial charge is 0.397 e. The predicted octanol–water partition coefficient (Wildman–Crippen LogP) is 5.38. The van der Waals surface area contributed by atoms with Crippen LogP contribution >= 0.6 is 0 Å². The first-order chi connectivity index (χ1) is 31.9. The Hall–Kier alpha value is -4.52. The smallest absolute Gasteiger partial charge is 0.368 e. The molecule has 0 bridgehead atoms. The maximum atomic E-state index is 12.1. The van der Waals surface area contributed by atoms with Crippen molar-refractivity contribution in [1.29, 1.82) is 0 Å². The van der Waals surface area contributed by atoms with E-state index in [1.54, 1.807) is 0 Å². The lowest BCUT2D eigenvalue weighted by Crippen LogP contribution is -2.66. The fraction of sp³-hybridized carbons (Fsp3) is 0.362. The monoisotopic (exact) mass is 952 g/mol. The zero-order chi connectivity index (χ0) is 46.4. The van der Waals surface area contributed by atoms with Crippen LogP contribution in [0.3, 0.4) is 0 Å². The molecule has 17 nitrogen and oxygen atoms in total. The highest BCUT2D eigenvalue weighted by Gasteiger charge is 2.54. The maximum Gasteiger partial charge on any atom is 0.397 e. The Morgan fingerprint density at radius 1 is 0.394 bits per heavy atom. The number of benzene rings is 5. The third kappa shape index (κ3) is 15.0. The van der Waals surface area contributed by atoms with Crippen LogP contribution in [-0.2, 0) is 100 Å². The van der Waals surface area contributed by atoms with E-state index in [4.69, 9.17) is 46.3 Å². The zero-order valence-electron chi connectivity index (χ0n) is 35.5. The predicted molar refractivity (Wildman–Crippen MR) is 235 cm³/mol. The highest BCUT2D eigenvalue weighted by Crippen LogP contribution is 2.36. The van der Waals surface area contributed by atoms with E-state index in [9.17, 15) is 31.0 Å². The molecule has 2 fully saturated rings. The lowest BCUT2D eigenvalue weighted by Gasteiger charge is -2.49. The van der Waals surface area contributed by atoms with Gasteiger partial charge in [-0.1, -0.05) is 152 Å². The Balaban J connectivity index is 1.30. The normalized spacial score (nSPS) is 25.9. The summed E-state index contributed by atoms with van der Waals surface area (Å²) < 4.78 is 130. The first-order valence-corrected chi connectivity index (χ1v) is 23.8. The molecule has 66 heavy (non-hydrogen) atoms. The van der Waals surface area contributed by atoms with Gasteiger partial charge in [-0.05, 0) is 27.8 Å². The van der Waals surface area contributed by atoms with E-state index in [-0.39, 0.29) is 33.0 Å². The highest BCUT2D eigenvalue weighted by atomic mass is 32.3. The van der Waals surface area contributed by atoms with Crippen molar-refractivity contribution in [3.8, 4) is 0 Å². The number of hydrogen-bond acceptors (Lipinski definition) is 15. The van der Waals surface area contributed by atoms with Crippen LogP contribution in [0.25, 0.3) is 0 Å². The molecule has 19 heteroatoms. The second-order valence-corrected chi connectivity index (χ2v) is 17.6. The Labute approximate surface area is 383 Å². The van der Waals surface area contributed by atoms with Crippen LogP contribution in [-0.4, -0.2) is 106 Å². The maximum absolute atomic E-state index is 12.1. The molecule has 5 aromatic rings. The number of hydrogen-bond donors (Lipinski definition) is 3. The third-order valence-corrected chi connectivity index (χ3v) is 11.5. The molecule has 0 aromatic heterocycles. The second kappa shape index (κ2) is 24.0. The molecule has 2 saturated heterocycles. The van der Waals surface area contributed by atoms with Crippen molar-refractivity contribution < 1.29 is 77.3 Å². The molecule has 2 heterocycles. The van der Waals surface area contributed by atoms with E-state index in [1.165, 1.54) is 0 Å². The molecule has 10 atom stereocenters. The van der Waals surface area contributed by atoms with Crippen LogP contribution in [0.4, 0.5) is 0 Å². The lowest BCUT2D eigenvalue weighted by molar-refractivity contribution is -0.372. The van der Waals surface area contributed by atoms with E-state index in [1.807, 2.05) is 152 Å². The van der Waals surface area contributed by atoms with Crippen molar-refractivity contribution in [3.05, 3.63) is 179 Å². The van der Waals surface area contributed by atoms with Gasteiger partial charge in [-0.2, -0.15) is 16.8 Å². The fourth-order valence-corrected chi connectivity index (χ4v) is 8.16. The molecule has 3 N–H and O–H groups in total. The molecule has 0 radical (unpaired) electrons. The van der Waals surface area contributed by atoms with Gasteiger partial charge in [0.15, 0.2) is 12.6 Å². The van der Waals surface area contributed by atoms with Crippen LogP contribution in [0, 0.1) is 0 Å². The van der Waals surface area contributed by atoms with Gasteiger partial charge in [-0.15, -0.1) is 0 Å². The molecule has 5 aromatic carbocycles. The summed E-state index contributed by atoms with van der Waals surface area (Å²) in [4.78, 5) is 0. The zero-order valence-corrected chi connectivity index (χ0v) is 37.2. The Morgan fingerprint density at radius 2 is 0.697 bits per heavy atom. The summed E-state index contributed by atoms with van der Waals surface area (Å²) >= 11 is 0. The quantitative estimate of drug-likeness (QED) is 0.0700. The molecule has 2 aliphatic heterocycles. The van der Waals surface area contributed by atoms with E-state index in [0.717, 1.165) is 27.8 Å². The molecule has 2 aliphatic rings. The summed E-state index contributed by atoms with van der Waals surface area (Å²) in [5.41, 5.74) is 3.73. The number of aliphatic hydroxyl groups excluding tert-OH is 1. The van der Waals surface area contributed by atoms with Gasteiger partial charge in [-0.3, -0.25) is 9.11 Å². The van der Waals surface area contributed by atoms with Crippen LogP contribution in [0.5, 0.6) is 0 Å². The summed E-state index contributed by atoms with van der Waals surface area (Å²) in [6, 6.07) is 45.7. The summed E-state index contributed by atoms with van der Waals surface area (Å²) in [5, 5.41) is 11.6. The number of ether oxygens (including phenoxy) is 8. The number of aliphatic hydroxyl groups is 1. The highest BCUT2D eigenvalue weighted by molar-refractivity contribution is 7.81. The molecular formula is C47H52O17S2. The summed E-state index contributed by atoms with van der Waals surface area (Å²) in [7, 11) is -10.1. The summed E-state index contributed by atoms with van der Waals surface area (Å²) in [6.07, 6.45) is -13.8. The molecule has 0 unspecified atom stereocenters. The van der Waals surface area contributed by atoms with Crippen LogP contribution in [0.1, 0.15) is 27.8 Å². The topological polar surface area (TPSA) is 221 Å². The first-order valence-electron chi connectivity index (χ1n) is 21.0. The first kappa shape index (κ1) is 49.4. The van der Waals surface area contributed by atoms with Crippen LogP contribution in [0.2, 0.25) is 0 Å².